The van der Waals surface area contributed by atoms with Gasteiger partial charge < -0.3 is 11.1 Å². The van der Waals surface area contributed by atoms with Gasteiger partial charge in [-0.25, -0.2) is 15.0 Å². The monoisotopic (exact) mass is 295 g/mol. The van der Waals surface area contributed by atoms with Crippen molar-refractivity contribution in [1.29, 1.82) is 0 Å². The molecule has 2 heterocycles. The van der Waals surface area contributed by atoms with E-state index in [2.05, 4.69) is 20.3 Å². The first-order valence-corrected chi connectivity index (χ1v) is 6.83. The summed E-state index contributed by atoms with van der Waals surface area (Å²) in [4.78, 5) is 13.0. The Morgan fingerprint density at radius 2 is 2.10 bits per heavy atom. The molecule has 0 saturated heterocycles. The number of pyridine rings is 1. The number of nitrogens with two attached hydrogens (primary N) is 1. The number of aromatic nitrogens is 3. The van der Waals surface area contributed by atoms with Crippen LogP contribution < -0.4 is 11.1 Å². The van der Waals surface area contributed by atoms with Crippen molar-refractivity contribution in [3.8, 4) is 0 Å². The minimum Gasteiger partial charge on any atom is -0.389 e. The number of benzene rings is 1. The van der Waals surface area contributed by atoms with Crippen molar-refractivity contribution in [2.24, 2.45) is 5.73 Å². The van der Waals surface area contributed by atoms with E-state index < -0.39 is 0 Å². The minimum absolute atomic E-state index is 0.360. The molecule has 1 aromatic carbocycles. The van der Waals surface area contributed by atoms with Crippen molar-refractivity contribution >= 4 is 33.9 Å². The average Bonchev–Trinajstić information content (AvgIpc) is 2.53. The van der Waals surface area contributed by atoms with E-state index in [-0.39, 0.29) is 0 Å². The van der Waals surface area contributed by atoms with Gasteiger partial charge in [-0.2, -0.15) is 0 Å². The molecule has 0 bridgehead atoms. The molecule has 0 spiro atoms. The first kappa shape index (κ1) is 13.4. The highest BCUT2D eigenvalue weighted by Crippen LogP contribution is 2.21. The second kappa shape index (κ2) is 5.80. The van der Waals surface area contributed by atoms with Gasteiger partial charge in [0.15, 0.2) is 0 Å². The van der Waals surface area contributed by atoms with E-state index in [4.69, 9.17) is 18.0 Å². The maximum Gasteiger partial charge on any atom is 0.127 e. The van der Waals surface area contributed by atoms with Gasteiger partial charge in [-0.05, 0) is 18.2 Å². The lowest BCUT2D eigenvalue weighted by atomic mass is 10.1. The van der Waals surface area contributed by atoms with Crippen molar-refractivity contribution in [1.82, 2.24) is 15.0 Å². The highest BCUT2D eigenvalue weighted by Gasteiger charge is 2.07. The highest BCUT2D eigenvalue weighted by atomic mass is 32.1. The molecule has 6 heteroatoms. The zero-order valence-corrected chi connectivity index (χ0v) is 12.0. The van der Waals surface area contributed by atoms with Crippen LogP contribution in [0.25, 0.3) is 10.9 Å². The van der Waals surface area contributed by atoms with E-state index in [1.54, 1.807) is 6.20 Å². The van der Waals surface area contributed by atoms with Gasteiger partial charge in [0.2, 0.25) is 0 Å². The molecule has 0 atom stereocenters. The van der Waals surface area contributed by atoms with Gasteiger partial charge in [0.25, 0.3) is 0 Å². The SMILES string of the molecule is NC(=S)c1cc(NCc2ccncn2)nc2ccccc12. The number of hydrogen-bond acceptors (Lipinski definition) is 5. The first-order valence-electron chi connectivity index (χ1n) is 6.42. The summed E-state index contributed by atoms with van der Waals surface area (Å²) in [7, 11) is 0. The predicted molar refractivity (Wildman–Crippen MR) is 87.0 cm³/mol. The summed E-state index contributed by atoms with van der Waals surface area (Å²) in [5.41, 5.74) is 8.37. The number of hydrogen-bond donors (Lipinski definition) is 2. The Kier molecular flexibility index (Phi) is 3.70. The minimum atomic E-state index is 0.360. The fraction of sp³-hybridized carbons (Fsp3) is 0.0667. The molecular formula is C15H13N5S. The molecular weight excluding hydrogens is 282 g/mol. The van der Waals surface area contributed by atoms with Crippen LogP contribution in [0.1, 0.15) is 11.3 Å². The zero-order valence-electron chi connectivity index (χ0n) is 11.2. The molecule has 3 aromatic rings. The van der Waals surface area contributed by atoms with Crippen LogP contribution in [0.15, 0.2) is 48.9 Å². The third-order valence-electron chi connectivity index (χ3n) is 3.08. The number of thiocarbonyl (C=S) groups is 1. The zero-order chi connectivity index (χ0) is 14.7. The van der Waals surface area contributed by atoms with Crippen molar-refractivity contribution in [2.45, 2.75) is 6.54 Å². The predicted octanol–water partition coefficient (Wildman–Crippen LogP) is 2.27. The van der Waals surface area contributed by atoms with E-state index in [1.807, 2.05) is 36.4 Å². The normalized spacial score (nSPS) is 10.5. The molecule has 0 fully saturated rings. The number of para-hydroxylation sites is 1. The Morgan fingerprint density at radius 3 is 2.86 bits per heavy atom. The van der Waals surface area contributed by atoms with Gasteiger partial charge in [-0.15, -0.1) is 0 Å². The second-order valence-electron chi connectivity index (χ2n) is 4.49. The second-order valence-corrected chi connectivity index (χ2v) is 4.93. The standard InChI is InChI=1S/C15H13N5S/c16-15(21)12-7-14(18-8-10-5-6-17-9-19-10)20-13-4-2-1-3-11(12)13/h1-7,9H,8H2,(H2,16,21)(H,18,20). The van der Waals surface area contributed by atoms with Crippen LogP contribution in [0.5, 0.6) is 0 Å². The van der Waals surface area contributed by atoms with Gasteiger partial charge in [-0.3, -0.25) is 0 Å². The van der Waals surface area contributed by atoms with Gasteiger partial charge in [0, 0.05) is 17.1 Å². The summed E-state index contributed by atoms with van der Waals surface area (Å²) in [5, 5.41) is 4.19. The van der Waals surface area contributed by atoms with Crippen molar-refractivity contribution in [3.05, 3.63) is 60.2 Å². The molecule has 0 aliphatic rings. The Hall–Kier alpha value is -2.60. The van der Waals surface area contributed by atoms with Crippen molar-refractivity contribution in [3.63, 3.8) is 0 Å². The van der Waals surface area contributed by atoms with Crippen LogP contribution in [0.4, 0.5) is 5.82 Å². The van der Waals surface area contributed by atoms with E-state index in [9.17, 15) is 0 Å². The molecule has 104 valence electrons. The van der Waals surface area contributed by atoms with Crippen LogP contribution >= 0.6 is 12.2 Å². The smallest absolute Gasteiger partial charge is 0.127 e. The summed E-state index contributed by atoms with van der Waals surface area (Å²) in [5.74, 6) is 0.718. The molecule has 0 amide bonds. The first-order chi connectivity index (χ1) is 10.2. The van der Waals surface area contributed by atoms with Crippen LogP contribution in [-0.2, 0) is 6.54 Å². The summed E-state index contributed by atoms with van der Waals surface area (Å²) >= 11 is 5.13. The fourth-order valence-electron chi connectivity index (χ4n) is 2.07. The number of fused-ring (bicyclic) bond motifs is 1. The molecule has 0 unspecified atom stereocenters. The van der Waals surface area contributed by atoms with Crippen molar-refractivity contribution in [2.75, 3.05) is 5.32 Å². The lowest BCUT2D eigenvalue weighted by Gasteiger charge is -2.10. The van der Waals surface area contributed by atoms with Gasteiger partial charge in [0.1, 0.15) is 17.1 Å². The van der Waals surface area contributed by atoms with Crippen molar-refractivity contribution < 1.29 is 0 Å². The third kappa shape index (κ3) is 2.95. The molecule has 21 heavy (non-hydrogen) atoms. The molecule has 0 aliphatic carbocycles. The van der Waals surface area contributed by atoms with Crippen LogP contribution in [0.3, 0.4) is 0 Å². The molecule has 2 aromatic heterocycles. The molecule has 0 aliphatic heterocycles. The van der Waals surface area contributed by atoms with Gasteiger partial charge in [-0.1, -0.05) is 30.4 Å². The Morgan fingerprint density at radius 1 is 1.24 bits per heavy atom. The quantitative estimate of drug-likeness (QED) is 0.719. The Bertz CT molecular complexity index is 788. The van der Waals surface area contributed by atoms with Crippen LogP contribution in [0.2, 0.25) is 0 Å². The molecule has 3 N–H and O–H groups in total. The number of nitrogens with zero attached hydrogens (tertiary/aromatic N) is 3. The van der Waals surface area contributed by atoms with Crippen LogP contribution in [0, 0.1) is 0 Å². The lowest BCUT2D eigenvalue weighted by Crippen LogP contribution is -2.12. The number of nitrogens with one attached hydrogen (secondary N) is 1. The summed E-state index contributed by atoms with van der Waals surface area (Å²) < 4.78 is 0. The van der Waals surface area contributed by atoms with E-state index in [0.29, 0.717) is 11.5 Å². The van der Waals surface area contributed by atoms with Gasteiger partial charge in [0.05, 0.1) is 17.8 Å². The van der Waals surface area contributed by atoms with Gasteiger partial charge >= 0.3 is 0 Å². The van der Waals surface area contributed by atoms with E-state index in [1.165, 1.54) is 6.33 Å². The highest BCUT2D eigenvalue weighted by molar-refractivity contribution is 7.80. The molecule has 0 saturated carbocycles. The third-order valence-corrected chi connectivity index (χ3v) is 3.30. The summed E-state index contributed by atoms with van der Waals surface area (Å²) in [6.07, 6.45) is 3.23. The van der Waals surface area contributed by atoms with E-state index >= 15 is 0 Å². The Balaban J connectivity index is 1.94. The topological polar surface area (TPSA) is 76.7 Å². The number of anilines is 1. The lowest BCUT2D eigenvalue weighted by molar-refractivity contribution is 0.999. The molecule has 3 rings (SSSR count). The summed E-state index contributed by atoms with van der Waals surface area (Å²) in [6, 6.07) is 11.5. The van der Waals surface area contributed by atoms with E-state index in [0.717, 1.165) is 28.0 Å². The number of rotatable bonds is 4. The molecule has 0 radical (unpaired) electrons. The maximum absolute atomic E-state index is 5.81. The Labute approximate surface area is 127 Å². The van der Waals surface area contributed by atoms with Crippen LogP contribution in [-0.4, -0.2) is 19.9 Å². The maximum atomic E-state index is 5.81. The summed E-state index contributed by atoms with van der Waals surface area (Å²) in [6.45, 7) is 0.560. The average molecular weight is 295 g/mol. The molecule has 5 nitrogen and oxygen atoms in total. The largest absolute Gasteiger partial charge is 0.389 e. The fourth-order valence-corrected chi connectivity index (χ4v) is 2.24.